The van der Waals surface area contributed by atoms with Crippen LogP contribution in [0.3, 0.4) is 0 Å². The number of halogens is 3. The lowest BCUT2D eigenvalue weighted by molar-refractivity contribution is 0.606. The topological polar surface area (TPSA) is 12.0 Å². The summed E-state index contributed by atoms with van der Waals surface area (Å²) in [7, 11) is 0. The first-order chi connectivity index (χ1) is 9.52. The van der Waals surface area contributed by atoms with E-state index in [1.54, 1.807) is 11.3 Å². The molecular formula is C15H16BrCl2NS. The first-order valence-electron chi connectivity index (χ1n) is 6.47. The average Bonchev–Trinajstić information content (AvgIpc) is 2.74. The van der Waals surface area contributed by atoms with Crippen molar-refractivity contribution in [2.45, 2.75) is 26.3 Å². The Hall–Kier alpha value is -0.0600. The second kappa shape index (κ2) is 7.28. The van der Waals surface area contributed by atoms with E-state index in [1.165, 1.54) is 9.75 Å². The molecule has 1 unspecified atom stereocenters. The minimum absolute atomic E-state index is 0.0798. The fourth-order valence-corrected chi connectivity index (χ4v) is 4.08. The summed E-state index contributed by atoms with van der Waals surface area (Å²) in [5.41, 5.74) is 1.03. The summed E-state index contributed by atoms with van der Waals surface area (Å²) in [6.45, 7) is 5.19. The summed E-state index contributed by atoms with van der Waals surface area (Å²) >= 11 is 17.8. The average molecular weight is 393 g/mol. The summed E-state index contributed by atoms with van der Waals surface area (Å²) in [4.78, 5) is 2.51. The van der Waals surface area contributed by atoms with Crippen molar-refractivity contribution in [3.63, 3.8) is 0 Å². The zero-order chi connectivity index (χ0) is 14.7. The molecule has 1 aromatic carbocycles. The molecule has 20 heavy (non-hydrogen) atoms. The van der Waals surface area contributed by atoms with Crippen LogP contribution in [0.1, 0.15) is 34.7 Å². The highest BCUT2D eigenvalue weighted by atomic mass is 79.9. The molecule has 0 amide bonds. The van der Waals surface area contributed by atoms with Gasteiger partial charge < -0.3 is 5.32 Å². The van der Waals surface area contributed by atoms with Crippen LogP contribution in [0.5, 0.6) is 0 Å². The van der Waals surface area contributed by atoms with Gasteiger partial charge >= 0.3 is 0 Å². The van der Waals surface area contributed by atoms with Crippen molar-refractivity contribution in [2.24, 2.45) is 0 Å². The zero-order valence-corrected chi connectivity index (χ0v) is 15.3. The molecule has 108 valence electrons. The fourth-order valence-electron chi connectivity index (χ4n) is 2.01. The third-order valence-corrected chi connectivity index (χ3v) is 5.81. The van der Waals surface area contributed by atoms with E-state index < -0.39 is 0 Å². The van der Waals surface area contributed by atoms with E-state index in [1.807, 2.05) is 18.2 Å². The van der Waals surface area contributed by atoms with Crippen molar-refractivity contribution in [3.05, 3.63) is 54.1 Å². The maximum atomic E-state index is 6.36. The second-order valence-corrected chi connectivity index (χ2v) is 7.59. The van der Waals surface area contributed by atoms with Crippen LogP contribution in [0.2, 0.25) is 10.0 Å². The summed E-state index contributed by atoms with van der Waals surface area (Å²) < 4.78 is 1.14. The van der Waals surface area contributed by atoms with Crippen molar-refractivity contribution < 1.29 is 0 Å². The molecule has 0 spiro atoms. The summed E-state index contributed by atoms with van der Waals surface area (Å²) in [6, 6.07) is 7.86. The lowest BCUT2D eigenvalue weighted by atomic mass is 10.0. The molecule has 0 saturated carbocycles. The van der Waals surface area contributed by atoms with Crippen molar-refractivity contribution in [2.75, 3.05) is 6.54 Å². The first-order valence-corrected chi connectivity index (χ1v) is 8.83. The largest absolute Gasteiger partial charge is 0.306 e. The van der Waals surface area contributed by atoms with Gasteiger partial charge in [0.1, 0.15) is 0 Å². The van der Waals surface area contributed by atoms with E-state index >= 15 is 0 Å². The molecule has 5 heteroatoms. The van der Waals surface area contributed by atoms with Crippen LogP contribution in [-0.4, -0.2) is 6.54 Å². The maximum absolute atomic E-state index is 6.36. The molecule has 0 aliphatic carbocycles. The number of rotatable bonds is 5. The van der Waals surface area contributed by atoms with Gasteiger partial charge in [-0.1, -0.05) is 30.1 Å². The lowest BCUT2D eigenvalue weighted by Crippen LogP contribution is -2.22. The molecule has 0 saturated heterocycles. The van der Waals surface area contributed by atoms with E-state index in [0.29, 0.717) is 5.02 Å². The lowest BCUT2D eigenvalue weighted by Gasteiger charge is -2.19. The molecule has 2 aromatic rings. The van der Waals surface area contributed by atoms with Crippen LogP contribution < -0.4 is 5.32 Å². The highest BCUT2D eigenvalue weighted by Crippen LogP contribution is 2.37. The van der Waals surface area contributed by atoms with Gasteiger partial charge in [0.25, 0.3) is 0 Å². The molecule has 0 radical (unpaired) electrons. The predicted octanol–water partition coefficient (Wildman–Crippen LogP) is 6.21. The number of benzene rings is 1. The number of hydrogen-bond donors (Lipinski definition) is 1. The summed E-state index contributed by atoms with van der Waals surface area (Å²) in [5.74, 6) is 0. The Morgan fingerprint density at radius 3 is 2.65 bits per heavy atom. The van der Waals surface area contributed by atoms with Gasteiger partial charge in [-0.2, -0.15) is 0 Å². The smallest absolute Gasteiger partial charge is 0.0686 e. The van der Waals surface area contributed by atoms with Crippen LogP contribution in [-0.2, 0) is 0 Å². The molecule has 1 N–H and O–H groups in total. The second-order valence-electron chi connectivity index (χ2n) is 4.61. The zero-order valence-electron chi connectivity index (χ0n) is 11.3. The molecule has 0 aliphatic rings. The third-order valence-electron chi connectivity index (χ3n) is 3.03. The molecular weight excluding hydrogens is 377 g/mol. The van der Waals surface area contributed by atoms with Crippen LogP contribution >= 0.6 is 50.5 Å². The van der Waals surface area contributed by atoms with Gasteiger partial charge in [-0.15, -0.1) is 11.3 Å². The molecule has 0 bridgehead atoms. The molecule has 0 aliphatic heterocycles. The van der Waals surface area contributed by atoms with Crippen LogP contribution in [0.4, 0.5) is 0 Å². The Labute approximate surface area is 142 Å². The molecule has 2 rings (SSSR count). The standard InChI is InChI=1S/C15H16BrCl2NS/c1-3-6-19-15(14-8-12(16)9(2)20-14)11-7-10(17)4-5-13(11)18/h4-5,7-8,15,19H,3,6H2,1-2H3. The van der Waals surface area contributed by atoms with Crippen molar-refractivity contribution in [1.82, 2.24) is 5.32 Å². The Bertz CT molecular complexity index is 578. The Kier molecular flexibility index (Phi) is 5.94. The fraction of sp³-hybridized carbons (Fsp3) is 0.333. The molecule has 1 aromatic heterocycles. The monoisotopic (exact) mass is 391 g/mol. The molecule has 0 fully saturated rings. The van der Waals surface area contributed by atoms with Crippen LogP contribution in [0.15, 0.2) is 28.7 Å². The molecule has 1 atom stereocenters. The van der Waals surface area contributed by atoms with Gasteiger partial charge in [-0.3, -0.25) is 0 Å². The maximum Gasteiger partial charge on any atom is 0.0686 e. The number of hydrogen-bond acceptors (Lipinski definition) is 2. The number of aryl methyl sites for hydroxylation is 1. The quantitative estimate of drug-likeness (QED) is 0.637. The summed E-state index contributed by atoms with van der Waals surface area (Å²) in [6.07, 6.45) is 1.07. The van der Waals surface area contributed by atoms with Crippen LogP contribution in [0.25, 0.3) is 0 Å². The van der Waals surface area contributed by atoms with Crippen molar-refractivity contribution in [1.29, 1.82) is 0 Å². The third kappa shape index (κ3) is 3.77. The normalized spacial score (nSPS) is 12.7. The van der Waals surface area contributed by atoms with Gasteiger partial charge in [0, 0.05) is 24.3 Å². The van der Waals surface area contributed by atoms with E-state index in [4.69, 9.17) is 23.2 Å². The van der Waals surface area contributed by atoms with E-state index in [0.717, 1.165) is 28.0 Å². The van der Waals surface area contributed by atoms with Gasteiger partial charge in [-0.25, -0.2) is 0 Å². The SMILES string of the molecule is CCCNC(c1cc(Br)c(C)s1)c1cc(Cl)ccc1Cl. The Balaban J connectivity index is 2.43. The minimum atomic E-state index is 0.0798. The van der Waals surface area contributed by atoms with Gasteiger partial charge in [-0.05, 0) is 65.6 Å². The van der Waals surface area contributed by atoms with Gasteiger partial charge in [0.2, 0.25) is 0 Å². The first kappa shape index (κ1) is 16.3. The predicted molar refractivity (Wildman–Crippen MR) is 93.4 cm³/mol. The molecule has 1 nitrogen and oxygen atoms in total. The van der Waals surface area contributed by atoms with Crippen molar-refractivity contribution >= 4 is 50.5 Å². The van der Waals surface area contributed by atoms with E-state index in [2.05, 4.69) is 41.2 Å². The van der Waals surface area contributed by atoms with E-state index in [-0.39, 0.29) is 6.04 Å². The minimum Gasteiger partial charge on any atom is -0.306 e. The Morgan fingerprint density at radius 2 is 2.05 bits per heavy atom. The van der Waals surface area contributed by atoms with E-state index in [9.17, 15) is 0 Å². The van der Waals surface area contributed by atoms with Crippen LogP contribution in [0, 0.1) is 6.92 Å². The Morgan fingerprint density at radius 1 is 1.30 bits per heavy atom. The number of nitrogens with one attached hydrogen (secondary N) is 1. The summed E-state index contributed by atoms with van der Waals surface area (Å²) in [5, 5.41) is 5.01. The highest BCUT2D eigenvalue weighted by Gasteiger charge is 2.19. The molecule has 1 heterocycles. The number of thiophene rings is 1. The van der Waals surface area contributed by atoms with Gasteiger partial charge in [0.15, 0.2) is 0 Å². The van der Waals surface area contributed by atoms with Gasteiger partial charge in [0.05, 0.1) is 6.04 Å². The highest BCUT2D eigenvalue weighted by molar-refractivity contribution is 9.10. The van der Waals surface area contributed by atoms with Crippen molar-refractivity contribution in [3.8, 4) is 0 Å².